The number of aliphatic hydroxyl groups excluding tert-OH is 1. The first kappa shape index (κ1) is 15.9. The minimum Gasteiger partial charge on any atom is -0.393 e. The Bertz CT molecular complexity index is 504. The molecule has 1 aromatic rings. The molecule has 1 atom stereocenters. The van der Waals surface area contributed by atoms with Crippen molar-refractivity contribution in [1.29, 1.82) is 0 Å². The zero-order valence-electron chi connectivity index (χ0n) is 11.4. The predicted molar refractivity (Wildman–Crippen MR) is 74.2 cm³/mol. The van der Waals surface area contributed by atoms with E-state index in [2.05, 4.69) is 5.43 Å². The molecular weight excluding hydrogens is 264 g/mol. The third-order valence-corrected chi connectivity index (χ3v) is 2.84. The smallest absolute Gasteiger partial charge is 0.294 e. The highest BCUT2D eigenvalue weighted by Crippen LogP contribution is 2.28. The molecule has 0 aliphatic carbocycles. The van der Waals surface area contributed by atoms with E-state index in [9.17, 15) is 20.0 Å². The maximum Gasteiger partial charge on any atom is 0.294 e. The third kappa shape index (κ3) is 3.65. The number of carbonyl (C=O) groups is 1. The van der Waals surface area contributed by atoms with Crippen molar-refractivity contribution in [2.45, 2.75) is 19.4 Å². The predicted octanol–water partition coefficient (Wildman–Crippen LogP) is 0.723. The van der Waals surface area contributed by atoms with E-state index in [4.69, 9.17) is 5.84 Å². The summed E-state index contributed by atoms with van der Waals surface area (Å²) in [7, 11) is 1.56. The Morgan fingerprint density at radius 1 is 1.60 bits per heavy atom. The van der Waals surface area contributed by atoms with Crippen LogP contribution in [0.15, 0.2) is 18.2 Å². The van der Waals surface area contributed by atoms with Crippen molar-refractivity contribution in [2.24, 2.45) is 5.84 Å². The lowest BCUT2D eigenvalue weighted by atomic mass is 10.1. The Labute approximate surface area is 116 Å². The number of rotatable bonds is 6. The van der Waals surface area contributed by atoms with Gasteiger partial charge in [-0.25, -0.2) is 0 Å². The molecule has 0 aliphatic rings. The number of hydrogen-bond donors (Lipinski definition) is 3. The highest BCUT2D eigenvalue weighted by Gasteiger charge is 2.23. The van der Waals surface area contributed by atoms with Crippen LogP contribution >= 0.6 is 0 Å². The molecule has 1 amide bonds. The lowest BCUT2D eigenvalue weighted by Gasteiger charge is -2.19. The molecule has 0 aliphatic heterocycles. The molecule has 0 radical (unpaired) electrons. The topological polar surface area (TPSA) is 122 Å². The Kier molecular flexibility index (Phi) is 5.42. The van der Waals surface area contributed by atoms with E-state index < -0.39 is 16.9 Å². The lowest BCUT2D eigenvalue weighted by Crippen LogP contribution is -2.30. The largest absolute Gasteiger partial charge is 0.393 e. The zero-order valence-corrected chi connectivity index (χ0v) is 11.4. The highest BCUT2D eigenvalue weighted by atomic mass is 16.6. The molecule has 20 heavy (non-hydrogen) atoms. The third-order valence-electron chi connectivity index (χ3n) is 2.84. The zero-order chi connectivity index (χ0) is 15.3. The molecule has 1 aromatic carbocycles. The summed E-state index contributed by atoms with van der Waals surface area (Å²) < 4.78 is 0. The first-order valence-corrected chi connectivity index (χ1v) is 6.06. The van der Waals surface area contributed by atoms with Gasteiger partial charge in [0.25, 0.3) is 11.6 Å². The number of amides is 1. The molecule has 4 N–H and O–H groups in total. The van der Waals surface area contributed by atoms with Crippen LogP contribution in [0.5, 0.6) is 0 Å². The van der Waals surface area contributed by atoms with Gasteiger partial charge in [0.15, 0.2) is 0 Å². The monoisotopic (exact) mass is 282 g/mol. The summed E-state index contributed by atoms with van der Waals surface area (Å²) in [6, 6.07) is 4.15. The summed E-state index contributed by atoms with van der Waals surface area (Å²) in [6.07, 6.45) is -0.106. The molecule has 8 nitrogen and oxygen atoms in total. The molecule has 0 aromatic heterocycles. The maximum absolute atomic E-state index is 12.2. The van der Waals surface area contributed by atoms with Gasteiger partial charge in [0, 0.05) is 19.7 Å². The van der Waals surface area contributed by atoms with Crippen molar-refractivity contribution in [1.82, 2.24) is 4.90 Å². The Balaban J connectivity index is 3.03. The van der Waals surface area contributed by atoms with Crippen molar-refractivity contribution in [2.75, 3.05) is 19.0 Å². The van der Waals surface area contributed by atoms with Crippen LogP contribution in [0.2, 0.25) is 0 Å². The number of carbonyl (C=O) groups excluding carboxylic acids is 1. The lowest BCUT2D eigenvalue weighted by molar-refractivity contribution is -0.384. The van der Waals surface area contributed by atoms with Gasteiger partial charge < -0.3 is 15.4 Å². The van der Waals surface area contributed by atoms with Gasteiger partial charge in [-0.1, -0.05) is 6.07 Å². The van der Waals surface area contributed by atoms with E-state index in [1.54, 1.807) is 14.0 Å². The van der Waals surface area contributed by atoms with Gasteiger partial charge in [-0.2, -0.15) is 0 Å². The van der Waals surface area contributed by atoms with E-state index in [1.807, 2.05) is 0 Å². The number of nitrogens with zero attached hydrogens (tertiary/aromatic N) is 2. The molecule has 0 fully saturated rings. The number of hydrazine groups is 1. The van der Waals surface area contributed by atoms with Gasteiger partial charge in [-0.15, -0.1) is 0 Å². The van der Waals surface area contributed by atoms with Crippen molar-refractivity contribution in [3.8, 4) is 0 Å². The fraction of sp³-hybridized carbons (Fsp3) is 0.417. The fourth-order valence-electron chi connectivity index (χ4n) is 1.71. The van der Waals surface area contributed by atoms with E-state index in [0.717, 1.165) is 0 Å². The van der Waals surface area contributed by atoms with Crippen LogP contribution in [-0.4, -0.2) is 40.5 Å². The minimum atomic E-state index is -0.609. The van der Waals surface area contributed by atoms with Crippen molar-refractivity contribution in [3.05, 3.63) is 33.9 Å². The van der Waals surface area contributed by atoms with Crippen LogP contribution in [0.1, 0.15) is 23.7 Å². The molecule has 0 saturated heterocycles. The second-order valence-corrected chi connectivity index (χ2v) is 4.47. The van der Waals surface area contributed by atoms with Crippen molar-refractivity contribution in [3.63, 3.8) is 0 Å². The van der Waals surface area contributed by atoms with Crippen LogP contribution in [0.25, 0.3) is 0 Å². The van der Waals surface area contributed by atoms with E-state index in [0.29, 0.717) is 13.0 Å². The van der Waals surface area contributed by atoms with Crippen molar-refractivity contribution >= 4 is 17.3 Å². The minimum absolute atomic E-state index is 0.0219. The summed E-state index contributed by atoms with van der Waals surface area (Å²) in [5.74, 6) is 4.88. The number of nitrogens with one attached hydrogen (secondary N) is 1. The van der Waals surface area contributed by atoms with E-state index in [-0.39, 0.29) is 16.9 Å². The number of aliphatic hydroxyl groups is 1. The van der Waals surface area contributed by atoms with Gasteiger partial charge in [0.2, 0.25) is 0 Å². The van der Waals surface area contributed by atoms with E-state index in [1.165, 1.54) is 23.1 Å². The van der Waals surface area contributed by atoms with Crippen LogP contribution in [0.4, 0.5) is 11.4 Å². The van der Waals surface area contributed by atoms with Crippen LogP contribution in [0, 0.1) is 10.1 Å². The van der Waals surface area contributed by atoms with Crippen molar-refractivity contribution < 1.29 is 14.8 Å². The SMILES string of the molecule is CC(O)CCN(C)C(=O)c1cccc([N+](=O)[O-])c1NN. The Morgan fingerprint density at radius 3 is 2.75 bits per heavy atom. The first-order chi connectivity index (χ1) is 9.38. The van der Waals surface area contributed by atoms with Gasteiger partial charge in [-0.3, -0.25) is 20.8 Å². The second kappa shape index (κ2) is 6.83. The molecule has 0 spiro atoms. The molecule has 0 heterocycles. The number of para-hydroxylation sites is 1. The van der Waals surface area contributed by atoms with Gasteiger partial charge >= 0.3 is 0 Å². The van der Waals surface area contributed by atoms with E-state index >= 15 is 0 Å². The normalized spacial score (nSPS) is 11.8. The number of nitro benzene ring substituents is 1. The number of nitrogens with two attached hydrogens (primary N) is 1. The fourth-order valence-corrected chi connectivity index (χ4v) is 1.71. The number of anilines is 1. The number of nitrogen functional groups attached to an aromatic ring is 1. The molecule has 1 rings (SSSR count). The summed E-state index contributed by atoms with van der Waals surface area (Å²) in [6.45, 7) is 1.96. The molecule has 0 saturated carbocycles. The molecule has 0 bridgehead atoms. The van der Waals surface area contributed by atoms with Crippen LogP contribution in [-0.2, 0) is 0 Å². The van der Waals surface area contributed by atoms with Gasteiger partial charge in [-0.05, 0) is 19.4 Å². The molecule has 1 unspecified atom stereocenters. The quantitative estimate of drug-likeness (QED) is 0.401. The average molecular weight is 282 g/mol. The van der Waals surface area contributed by atoms with Crippen LogP contribution in [0.3, 0.4) is 0 Å². The summed E-state index contributed by atoms with van der Waals surface area (Å²) in [5.41, 5.74) is 2.04. The Morgan fingerprint density at radius 2 is 2.25 bits per heavy atom. The number of nitro groups is 1. The average Bonchev–Trinajstić information content (AvgIpc) is 2.42. The number of hydrogen-bond acceptors (Lipinski definition) is 6. The first-order valence-electron chi connectivity index (χ1n) is 6.06. The van der Waals surface area contributed by atoms with Crippen LogP contribution < -0.4 is 11.3 Å². The summed E-state index contributed by atoms with van der Waals surface area (Å²) >= 11 is 0. The summed E-state index contributed by atoms with van der Waals surface area (Å²) in [4.78, 5) is 23.9. The van der Waals surface area contributed by atoms with Gasteiger partial charge in [0.1, 0.15) is 5.69 Å². The maximum atomic E-state index is 12.2. The molecule has 8 heteroatoms. The highest BCUT2D eigenvalue weighted by molar-refractivity contribution is 6.01. The van der Waals surface area contributed by atoms with Gasteiger partial charge in [0.05, 0.1) is 16.6 Å². The molecular formula is C12H18N4O4. The molecule has 110 valence electrons. The second-order valence-electron chi connectivity index (χ2n) is 4.47. The number of benzene rings is 1. The summed E-state index contributed by atoms with van der Waals surface area (Å²) in [5, 5.41) is 20.1. The standard InChI is InChI=1S/C12H18N4O4/c1-8(17)6-7-15(2)12(18)9-4-3-5-10(16(19)20)11(9)14-13/h3-5,8,14,17H,6-7,13H2,1-2H3. The Hall–Kier alpha value is -2.19.